The molecule has 2 aromatic rings. The molecule has 10 atom stereocenters. The first kappa shape index (κ1) is 29.2. The second-order valence-electron chi connectivity index (χ2n) is 9.29. The second kappa shape index (κ2) is 12.6. The molecule has 4 rings (SSSR count). The van der Waals surface area contributed by atoms with E-state index in [-0.39, 0.29) is 11.5 Å². The number of aliphatic hydroxyl groups excluding tert-OH is 8. The van der Waals surface area contributed by atoms with Crippen LogP contribution in [0.4, 0.5) is 0 Å². The van der Waals surface area contributed by atoms with Gasteiger partial charge < -0.3 is 64.9 Å². The van der Waals surface area contributed by atoms with Crippen molar-refractivity contribution in [2.24, 2.45) is 0 Å². The molecule has 2 heterocycles. The van der Waals surface area contributed by atoms with Gasteiger partial charge in [-0.2, -0.15) is 0 Å². The van der Waals surface area contributed by atoms with E-state index >= 15 is 0 Å². The van der Waals surface area contributed by atoms with E-state index in [1.165, 1.54) is 18.2 Å². The van der Waals surface area contributed by atoms with E-state index in [0.717, 1.165) is 5.56 Å². The van der Waals surface area contributed by atoms with Crippen LogP contribution in [0.1, 0.15) is 11.1 Å². The molecule has 0 bridgehead atoms. The third kappa shape index (κ3) is 6.67. The maximum absolute atomic E-state index is 10.2. The first-order chi connectivity index (χ1) is 18.6. The fourth-order valence-electron chi connectivity index (χ4n) is 4.22. The van der Waals surface area contributed by atoms with Crippen molar-refractivity contribution in [3.63, 3.8) is 0 Å². The standard InChI is InChI=1S/C26H32O13/c27-10-17-19(30)21(32)23(34)25(38-17)36-15-5-3-12(4-6-15)1-2-13-7-14(29)9-16(8-13)37-26-24(35)22(33)20(31)18(11-28)39-26/h1-9,17-35H,10-11H2/b2-1+/t17-,18-,19-,20-,21+,22+,23-,24-,25?,26?/m0/s1. The molecule has 9 N–H and O–H groups in total. The van der Waals surface area contributed by atoms with E-state index in [1.807, 2.05) is 0 Å². The van der Waals surface area contributed by atoms with Gasteiger partial charge in [0.2, 0.25) is 12.6 Å². The Kier molecular flexibility index (Phi) is 9.40. The molecular weight excluding hydrogens is 520 g/mol. The summed E-state index contributed by atoms with van der Waals surface area (Å²) in [7, 11) is 0. The van der Waals surface area contributed by atoms with Crippen LogP contribution in [0.5, 0.6) is 17.2 Å². The number of hydrogen-bond acceptors (Lipinski definition) is 13. The van der Waals surface area contributed by atoms with Crippen molar-refractivity contribution in [3.8, 4) is 17.2 Å². The number of hydrogen-bond donors (Lipinski definition) is 9. The Morgan fingerprint density at radius 1 is 0.590 bits per heavy atom. The van der Waals surface area contributed by atoms with Crippen LogP contribution in [0.2, 0.25) is 0 Å². The van der Waals surface area contributed by atoms with Gasteiger partial charge in [0.1, 0.15) is 66.1 Å². The summed E-state index contributed by atoms with van der Waals surface area (Å²) in [5.74, 6) is 0.242. The Labute approximate surface area is 222 Å². The average Bonchev–Trinajstić information content (AvgIpc) is 2.93. The summed E-state index contributed by atoms with van der Waals surface area (Å²) >= 11 is 0. The number of ether oxygens (including phenoxy) is 4. The van der Waals surface area contributed by atoms with Crippen molar-refractivity contribution in [1.29, 1.82) is 0 Å². The molecule has 2 aliphatic heterocycles. The maximum atomic E-state index is 10.2. The number of rotatable bonds is 8. The highest BCUT2D eigenvalue weighted by atomic mass is 16.7. The summed E-state index contributed by atoms with van der Waals surface area (Å²) in [5.41, 5.74) is 1.23. The van der Waals surface area contributed by atoms with Gasteiger partial charge in [-0.15, -0.1) is 0 Å². The van der Waals surface area contributed by atoms with Crippen molar-refractivity contribution in [3.05, 3.63) is 53.6 Å². The molecule has 0 aliphatic carbocycles. The largest absolute Gasteiger partial charge is 0.508 e. The van der Waals surface area contributed by atoms with Gasteiger partial charge in [-0.05, 0) is 35.4 Å². The first-order valence-electron chi connectivity index (χ1n) is 12.2. The number of benzene rings is 2. The minimum absolute atomic E-state index is 0.0993. The zero-order chi connectivity index (χ0) is 28.3. The fraction of sp³-hybridized carbons (Fsp3) is 0.462. The molecule has 13 heteroatoms. The Bertz CT molecular complexity index is 1110. The number of aliphatic hydroxyl groups is 8. The van der Waals surface area contributed by atoms with Crippen LogP contribution < -0.4 is 9.47 Å². The van der Waals surface area contributed by atoms with Gasteiger partial charge in [0.15, 0.2) is 0 Å². The molecule has 13 nitrogen and oxygen atoms in total. The summed E-state index contributed by atoms with van der Waals surface area (Å²) in [5, 5.41) is 88.7. The number of aromatic hydroxyl groups is 1. The van der Waals surface area contributed by atoms with Crippen LogP contribution in [-0.4, -0.2) is 121 Å². The van der Waals surface area contributed by atoms with E-state index in [4.69, 9.17) is 18.9 Å². The van der Waals surface area contributed by atoms with E-state index < -0.39 is 74.6 Å². The molecule has 2 unspecified atom stereocenters. The molecule has 2 aromatic carbocycles. The molecule has 0 saturated carbocycles. The molecule has 0 spiro atoms. The van der Waals surface area contributed by atoms with Gasteiger partial charge in [-0.1, -0.05) is 24.3 Å². The molecule has 2 saturated heterocycles. The average molecular weight is 553 g/mol. The van der Waals surface area contributed by atoms with Crippen LogP contribution in [0.15, 0.2) is 42.5 Å². The summed E-state index contributed by atoms with van der Waals surface area (Å²) in [6, 6.07) is 10.8. The van der Waals surface area contributed by atoms with Gasteiger partial charge in [-0.3, -0.25) is 0 Å². The predicted molar refractivity (Wildman–Crippen MR) is 132 cm³/mol. The third-order valence-corrected chi connectivity index (χ3v) is 6.46. The van der Waals surface area contributed by atoms with Crippen LogP contribution >= 0.6 is 0 Å². The smallest absolute Gasteiger partial charge is 0.229 e. The molecule has 39 heavy (non-hydrogen) atoms. The van der Waals surface area contributed by atoms with Crippen LogP contribution in [0.3, 0.4) is 0 Å². The topological polar surface area (TPSA) is 219 Å². The van der Waals surface area contributed by atoms with Crippen molar-refractivity contribution < 1.29 is 64.9 Å². The highest BCUT2D eigenvalue weighted by Crippen LogP contribution is 2.29. The highest BCUT2D eigenvalue weighted by Gasteiger charge is 2.45. The Balaban J connectivity index is 1.40. The third-order valence-electron chi connectivity index (χ3n) is 6.46. The van der Waals surface area contributed by atoms with E-state index in [1.54, 1.807) is 36.4 Å². The van der Waals surface area contributed by atoms with Crippen LogP contribution in [0.25, 0.3) is 12.2 Å². The van der Waals surface area contributed by atoms with Gasteiger partial charge >= 0.3 is 0 Å². The van der Waals surface area contributed by atoms with Crippen molar-refractivity contribution in [1.82, 2.24) is 0 Å². The second-order valence-corrected chi connectivity index (χ2v) is 9.29. The number of phenolic OH excluding ortho intramolecular Hbond substituents is 1. The highest BCUT2D eigenvalue weighted by molar-refractivity contribution is 5.71. The minimum Gasteiger partial charge on any atom is -0.508 e. The monoisotopic (exact) mass is 552 g/mol. The van der Waals surface area contributed by atoms with Crippen molar-refractivity contribution in [2.45, 2.75) is 61.4 Å². The Morgan fingerprint density at radius 3 is 1.59 bits per heavy atom. The molecule has 2 fully saturated rings. The normalized spacial score (nSPS) is 35.2. The zero-order valence-corrected chi connectivity index (χ0v) is 20.5. The molecule has 214 valence electrons. The van der Waals surface area contributed by atoms with Gasteiger partial charge in [0.05, 0.1) is 13.2 Å². The molecule has 0 radical (unpaired) electrons. The molecule has 2 aliphatic rings. The van der Waals surface area contributed by atoms with Crippen LogP contribution in [0, 0.1) is 0 Å². The Hall–Kier alpha value is -2.82. The van der Waals surface area contributed by atoms with Crippen molar-refractivity contribution in [2.75, 3.05) is 13.2 Å². The molecular formula is C26H32O13. The van der Waals surface area contributed by atoms with E-state index in [0.29, 0.717) is 11.3 Å². The van der Waals surface area contributed by atoms with Gasteiger partial charge in [0.25, 0.3) is 0 Å². The lowest BCUT2D eigenvalue weighted by atomic mass is 9.99. The zero-order valence-electron chi connectivity index (χ0n) is 20.5. The maximum Gasteiger partial charge on any atom is 0.229 e. The Morgan fingerprint density at radius 2 is 1.08 bits per heavy atom. The lowest BCUT2D eigenvalue weighted by Crippen LogP contribution is -2.60. The van der Waals surface area contributed by atoms with Gasteiger partial charge in [0, 0.05) is 6.07 Å². The number of phenols is 1. The SMILES string of the molecule is OC[C@@H]1OC(Oc2ccc(/C=C/c3cc(O)cc(OC4O[C@@H](CO)[C@H](O)[C@@H](O)[C@@H]4O)c3)cc2)[C@@H](O)[C@H](O)[C@H]1O. The lowest BCUT2D eigenvalue weighted by molar-refractivity contribution is -0.277. The van der Waals surface area contributed by atoms with Gasteiger partial charge in [-0.25, -0.2) is 0 Å². The summed E-state index contributed by atoms with van der Waals surface area (Å²) in [6.07, 6.45) is -10.9. The van der Waals surface area contributed by atoms with Crippen LogP contribution in [-0.2, 0) is 9.47 Å². The van der Waals surface area contributed by atoms with E-state index in [2.05, 4.69) is 0 Å². The lowest BCUT2D eigenvalue weighted by Gasteiger charge is -2.39. The minimum atomic E-state index is -1.61. The first-order valence-corrected chi connectivity index (χ1v) is 12.2. The quantitative estimate of drug-likeness (QED) is 0.161. The summed E-state index contributed by atoms with van der Waals surface area (Å²) in [4.78, 5) is 0. The van der Waals surface area contributed by atoms with E-state index in [9.17, 15) is 46.0 Å². The fourth-order valence-corrected chi connectivity index (χ4v) is 4.22. The summed E-state index contributed by atoms with van der Waals surface area (Å²) < 4.78 is 21.8. The molecule has 0 aromatic heterocycles. The summed E-state index contributed by atoms with van der Waals surface area (Å²) in [6.45, 7) is -1.18. The molecule has 0 amide bonds. The van der Waals surface area contributed by atoms with Crippen molar-refractivity contribution >= 4 is 12.2 Å². The predicted octanol–water partition coefficient (Wildman–Crippen LogP) is -2.08.